The third kappa shape index (κ3) is 3.27. The third-order valence-electron chi connectivity index (χ3n) is 3.68. The molecule has 108 valence electrons. The summed E-state index contributed by atoms with van der Waals surface area (Å²) in [5, 5.41) is -0.0349. The van der Waals surface area contributed by atoms with Crippen LogP contribution in [0, 0.1) is 6.92 Å². The molecule has 0 saturated heterocycles. The van der Waals surface area contributed by atoms with Gasteiger partial charge in [-0.05, 0) is 47.6 Å². The van der Waals surface area contributed by atoms with Crippen LogP contribution in [-0.4, -0.2) is 0 Å². The molecule has 2 aromatic rings. The van der Waals surface area contributed by atoms with Crippen molar-refractivity contribution >= 4 is 22.9 Å². The predicted octanol–water partition coefficient (Wildman–Crippen LogP) is 6.63. The predicted molar refractivity (Wildman–Crippen MR) is 91.4 cm³/mol. The monoisotopic (exact) mass is 306 g/mol. The van der Waals surface area contributed by atoms with E-state index in [2.05, 4.69) is 65.0 Å². The molecular formula is C18H23ClS. The highest BCUT2D eigenvalue weighted by atomic mass is 35.5. The fourth-order valence-corrected chi connectivity index (χ4v) is 3.71. The van der Waals surface area contributed by atoms with Crippen molar-refractivity contribution in [2.24, 2.45) is 0 Å². The van der Waals surface area contributed by atoms with Gasteiger partial charge in [-0.15, -0.1) is 22.9 Å². The summed E-state index contributed by atoms with van der Waals surface area (Å²) in [4.78, 5) is 2.55. The summed E-state index contributed by atoms with van der Waals surface area (Å²) >= 11 is 8.53. The summed E-state index contributed by atoms with van der Waals surface area (Å²) in [5.74, 6) is 1.05. The maximum Gasteiger partial charge on any atom is 0.0930 e. The van der Waals surface area contributed by atoms with Crippen LogP contribution in [0.15, 0.2) is 30.3 Å². The Morgan fingerprint density at radius 1 is 0.900 bits per heavy atom. The van der Waals surface area contributed by atoms with Gasteiger partial charge in [0.05, 0.1) is 5.38 Å². The minimum absolute atomic E-state index is 0.0349. The van der Waals surface area contributed by atoms with Gasteiger partial charge in [0.2, 0.25) is 0 Å². The van der Waals surface area contributed by atoms with Crippen molar-refractivity contribution in [2.75, 3.05) is 0 Å². The van der Waals surface area contributed by atoms with Crippen molar-refractivity contribution in [1.29, 1.82) is 0 Å². The van der Waals surface area contributed by atoms with E-state index < -0.39 is 0 Å². The van der Waals surface area contributed by atoms with Crippen LogP contribution in [-0.2, 0) is 0 Å². The van der Waals surface area contributed by atoms with Crippen molar-refractivity contribution in [3.63, 3.8) is 0 Å². The first kappa shape index (κ1) is 15.6. The first-order chi connectivity index (χ1) is 9.40. The lowest BCUT2D eigenvalue weighted by atomic mass is 9.90. The van der Waals surface area contributed by atoms with E-state index >= 15 is 0 Å². The Labute approximate surface area is 131 Å². The molecule has 1 aromatic heterocycles. The number of benzene rings is 1. The first-order valence-corrected chi connectivity index (χ1v) is 8.49. The van der Waals surface area contributed by atoms with Gasteiger partial charge < -0.3 is 0 Å². The summed E-state index contributed by atoms with van der Waals surface area (Å²) < 4.78 is 0. The zero-order valence-corrected chi connectivity index (χ0v) is 14.5. The van der Waals surface area contributed by atoms with Gasteiger partial charge in [-0.25, -0.2) is 0 Å². The second kappa shape index (κ2) is 6.32. The standard InChI is InChI=1S/C18H23ClS/c1-11(2)14-7-8-15(16(10-14)12(3)4)18(19)17-9-6-13(5)20-17/h6-12,18H,1-5H3. The Kier molecular flexibility index (Phi) is 4.93. The maximum atomic E-state index is 6.74. The van der Waals surface area contributed by atoms with Crippen LogP contribution < -0.4 is 0 Å². The summed E-state index contributed by atoms with van der Waals surface area (Å²) in [6.45, 7) is 11.1. The lowest BCUT2D eigenvalue weighted by Gasteiger charge is -2.19. The smallest absolute Gasteiger partial charge is 0.0930 e. The Morgan fingerprint density at radius 3 is 2.10 bits per heavy atom. The van der Waals surface area contributed by atoms with Crippen LogP contribution in [0.5, 0.6) is 0 Å². The van der Waals surface area contributed by atoms with Crippen LogP contribution in [0.1, 0.15) is 71.4 Å². The van der Waals surface area contributed by atoms with Crippen LogP contribution in [0.25, 0.3) is 0 Å². The molecule has 0 radical (unpaired) electrons. The van der Waals surface area contributed by atoms with E-state index in [1.165, 1.54) is 26.4 Å². The van der Waals surface area contributed by atoms with E-state index in [1.54, 1.807) is 11.3 Å². The second-order valence-corrected chi connectivity index (χ2v) is 7.76. The molecule has 0 aliphatic carbocycles. The average Bonchev–Trinajstić information content (AvgIpc) is 2.83. The molecule has 0 aliphatic rings. The lowest BCUT2D eigenvalue weighted by molar-refractivity contribution is 0.819. The molecule has 0 spiro atoms. The molecular weight excluding hydrogens is 284 g/mol. The van der Waals surface area contributed by atoms with Gasteiger partial charge in [-0.1, -0.05) is 45.9 Å². The SMILES string of the molecule is Cc1ccc(C(Cl)c2ccc(C(C)C)cc2C(C)C)s1. The van der Waals surface area contributed by atoms with Crippen molar-refractivity contribution in [2.45, 2.75) is 51.8 Å². The molecule has 0 fully saturated rings. The van der Waals surface area contributed by atoms with E-state index in [0.29, 0.717) is 11.8 Å². The minimum Gasteiger partial charge on any atom is -0.144 e. The number of halogens is 1. The van der Waals surface area contributed by atoms with Gasteiger partial charge in [-0.2, -0.15) is 0 Å². The molecule has 1 atom stereocenters. The number of hydrogen-bond acceptors (Lipinski definition) is 1. The Balaban J connectivity index is 2.45. The molecule has 20 heavy (non-hydrogen) atoms. The Morgan fingerprint density at radius 2 is 1.60 bits per heavy atom. The fourth-order valence-electron chi connectivity index (χ4n) is 2.43. The van der Waals surface area contributed by atoms with Gasteiger partial charge in [0.15, 0.2) is 0 Å². The molecule has 0 nitrogen and oxygen atoms in total. The van der Waals surface area contributed by atoms with Crippen molar-refractivity contribution < 1.29 is 0 Å². The highest BCUT2D eigenvalue weighted by molar-refractivity contribution is 7.12. The fraction of sp³-hybridized carbons (Fsp3) is 0.444. The van der Waals surface area contributed by atoms with E-state index in [9.17, 15) is 0 Å². The number of hydrogen-bond donors (Lipinski definition) is 0. The van der Waals surface area contributed by atoms with Crippen LogP contribution in [0.2, 0.25) is 0 Å². The van der Waals surface area contributed by atoms with Crippen LogP contribution in [0.4, 0.5) is 0 Å². The Hall–Kier alpha value is -0.790. The molecule has 0 saturated carbocycles. The number of alkyl halides is 1. The van der Waals surface area contributed by atoms with Gasteiger partial charge in [0.1, 0.15) is 0 Å². The maximum absolute atomic E-state index is 6.74. The lowest BCUT2D eigenvalue weighted by Crippen LogP contribution is -2.02. The average molecular weight is 307 g/mol. The van der Waals surface area contributed by atoms with E-state index in [4.69, 9.17) is 11.6 Å². The Bertz CT molecular complexity index is 581. The summed E-state index contributed by atoms with van der Waals surface area (Å²) in [6, 6.07) is 11.1. The summed E-state index contributed by atoms with van der Waals surface area (Å²) in [6.07, 6.45) is 0. The number of thiophene rings is 1. The topological polar surface area (TPSA) is 0 Å². The molecule has 0 N–H and O–H groups in total. The largest absolute Gasteiger partial charge is 0.144 e. The van der Waals surface area contributed by atoms with Crippen LogP contribution >= 0.6 is 22.9 Å². The highest BCUT2D eigenvalue weighted by Gasteiger charge is 2.19. The first-order valence-electron chi connectivity index (χ1n) is 7.24. The van der Waals surface area contributed by atoms with Crippen molar-refractivity contribution in [1.82, 2.24) is 0 Å². The van der Waals surface area contributed by atoms with Gasteiger partial charge in [0.25, 0.3) is 0 Å². The van der Waals surface area contributed by atoms with Crippen LogP contribution in [0.3, 0.4) is 0 Å². The second-order valence-electron chi connectivity index (χ2n) is 6.01. The molecule has 0 aliphatic heterocycles. The van der Waals surface area contributed by atoms with Crippen molar-refractivity contribution in [3.8, 4) is 0 Å². The summed E-state index contributed by atoms with van der Waals surface area (Å²) in [7, 11) is 0. The molecule has 0 bridgehead atoms. The third-order valence-corrected chi connectivity index (χ3v) is 5.35. The van der Waals surface area contributed by atoms with E-state index in [0.717, 1.165) is 0 Å². The molecule has 1 aromatic carbocycles. The summed E-state index contributed by atoms with van der Waals surface area (Å²) in [5.41, 5.74) is 4.03. The molecule has 2 heteroatoms. The van der Waals surface area contributed by atoms with E-state index in [1.807, 2.05) is 0 Å². The zero-order chi connectivity index (χ0) is 14.9. The minimum atomic E-state index is -0.0349. The molecule has 1 heterocycles. The normalized spacial score (nSPS) is 13.2. The van der Waals surface area contributed by atoms with E-state index in [-0.39, 0.29) is 5.38 Å². The molecule has 0 amide bonds. The van der Waals surface area contributed by atoms with Gasteiger partial charge in [0, 0.05) is 9.75 Å². The quantitative estimate of drug-likeness (QED) is 0.556. The molecule has 1 unspecified atom stereocenters. The number of rotatable bonds is 4. The van der Waals surface area contributed by atoms with Gasteiger partial charge >= 0.3 is 0 Å². The highest BCUT2D eigenvalue weighted by Crippen LogP contribution is 2.38. The van der Waals surface area contributed by atoms with Crippen molar-refractivity contribution in [3.05, 3.63) is 56.8 Å². The zero-order valence-electron chi connectivity index (χ0n) is 12.9. The number of aryl methyl sites for hydroxylation is 1. The molecule has 2 rings (SSSR count). The van der Waals surface area contributed by atoms with Gasteiger partial charge in [-0.3, -0.25) is 0 Å².